The fourth-order valence-electron chi connectivity index (χ4n) is 1.47. The molecular weight excluding hydrogens is 208 g/mol. The van der Waals surface area contributed by atoms with Gasteiger partial charge in [-0.25, -0.2) is 0 Å². The van der Waals surface area contributed by atoms with Crippen molar-refractivity contribution in [3.63, 3.8) is 0 Å². The van der Waals surface area contributed by atoms with Gasteiger partial charge in [0.2, 0.25) is 0 Å². The summed E-state index contributed by atoms with van der Waals surface area (Å²) in [6, 6.07) is 4.56. The van der Waals surface area contributed by atoms with Crippen molar-refractivity contribution in [3.05, 3.63) is 39.4 Å². The number of benzene rings is 1. The van der Waals surface area contributed by atoms with Crippen LogP contribution in [0.3, 0.4) is 0 Å². The molecule has 0 aromatic heterocycles. The minimum atomic E-state index is -0.770. The number of carbonyl (C=O) groups is 1. The Balaban J connectivity index is 3.07. The summed E-state index contributed by atoms with van der Waals surface area (Å²) in [5, 5.41) is 10.8. The maximum absolute atomic E-state index is 11.0. The molecule has 86 valence electrons. The molecule has 0 heterocycles. The van der Waals surface area contributed by atoms with Gasteiger partial charge in [0.25, 0.3) is 11.6 Å². The molecule has 0 atom stereocenters. The van der Waals surface area contributed by atoms with Crippen molar-refractivity contribution >= 4 is 11.6 Å². The van der Waals surface area contributed by atoms with Crippen molar-refractivity contribution in [2.24, 2.45) is 5.73 Å². The number of unbranched alkanes of at least 4 members (excludes halogenated alkanes) is 1. The normalized spacial score (nSPS) is 10.1. The van der Waals surface area contributed by atoms with E-state index >= 15 is 0 Å². The molecule has 2 N–H and O–H groups in total. The largest absolute Gasteiger partial charge is 0.365 e. The smallest absolute Gasteiger partial charge is 0.282 e. The van der Waals surface area contributed by atoms with E-state index in [1.54, 1.807) is 6.07 Å². The number of amides is 1. The van der Waals surface area contributed by atoms with Crippen LogP contribution in [-0.2, 0) is 6.42 Å². The molecule has 0 aliphatic carbocycles. The lowest BCUT2D eigenvalue weighted by Crippen LogP contribution is -2.13. The van der Waals surface area contributed by atoms with Gasteiger partial charge >= 0.3 is 0 Å². The molecule has 0 saturated carbocycles. The molecule has 0 radical (unpaired) electrons. The summed E-state index contributed by atoms with van der Waals surface area (Å²) in [5.41, 5.74) is 5.67. The van der Waals surface area contributed by atoms with Crippen molar-refractivity contribution in [2.75, 3.05) is 0 Å². The Hall–Kier alpha value is -1.91. The van der Waals surface area contributed by atoms with Crippen molar-refractivity contribution in [1.29, 1.82) is 0 Å². The molecular formula is C11H14N2O3. The molecule has 5 nitrogen and oxygen atoms in total. The first-order chi connectivity index (χ1) is 7.56. The van der Waals surface area contributed by atoms with Crippen molar-refractivity contribution in [3.8, 4) is 0 Å². The third-order valence-electron chi connectivity index (χ3n) is 2.34. The summed E-state index contributed by atoms with van der Waals surface area (Å²) >= 11 is 0. The van der Waals surface area contributed by atoms with Crippen LogP contribution in [0.2, 0.25) is 0 Å². The fraction of sp³-hybridized carbons (Fsp3) is 0.364. The molecule has 1 rings (SSSR count). The standard InChI is InChI=1S/C11H14N2O3/c1-2-3-4-8-5-6-9(11(12)14)10(7-8)13(15)16/h5-7H,2-4H2,1H3,(H2,12,14). The van der Waals surface area contributed by atoms with Crippen LogP contribution in [0.25, 0.3) is 0 Å². The number of hydrogen-bond donors (Lipinski definition) is 1. The van der Waals surface area contributed by atoms with Crippen LogP contribution in [0.5, 0.6) is 0 Å². The van der Waals surface area contributed by atoms with Gasteiger partial charge in [-0.3, -0.25) is 14.9 Å². The maximum atomic E-state index is 11.0. The lowest BCUT2D eigenvalue weighted by molar-refractivity contribution is -0.385. The van der Waals surface area contributed by atoms with E-state index in [0.717, 1.165) is 24.8 Å². The molecule has 0 aliphatic rings. The van der Waals surface area contributed by atoms with E-state index in [1.807, 2.05) is 6.92 Å². The highest BCUT2D eigenvalue weighted by Gasteiger charge is 2.18. The number of carbonyl (C=O) groups excluding carboxylic acids is 1. The number of nitrogens with two attached hydrogens (primary N) is 1. The molecule has 0 aliphatic heterocycles. The average molecular weight is 222 g/mol. The summed E-state index contributed by atoms with van der Waals surface area (Å²) in [6.45, 7) is 2.05. The van der Waals surface area contributed by atoms with Gasteiger partial charge in [-0.1, -0.05) is 19.4 Å². The van der Waals surface area contributed by atoms with Crippen LogP contribution in [0.4, 0.5) is 5.69 Å². The Morgan fingerprint density at radius 1 is 1.50 bits per heavy atom. The number of nitro benzene ring substituents is 1. The molecule has 1 aromatic rings. The highest BCUT2D eigenvalue weighted by molar-refractivity contribution is 5.96. The molecule has 1 amide bonds. The molecule has 0 spiro atoms. The first kappa shape index (κ1) is 12.2. The highest BCUT2D eigenvalue weighted by atomic mass is 16.6. The van der Waals surface area contributed by atoms with Gasteiger partial charge in [-0.05, 0) is 24.5 Å². The number of aryl methyl sites for hydroxylation is 1. The molecule has 0 unspecified atom stereocenters. The lowest BCUT2D eigenvalue weighted by Gasteiger charge is -2.02. The summed E-state index contributed by atoms with van der Waals surface area (Å²) in [4.78, 5) is 21.1. The molecule has 1 aromatic carbocycles. The Morgan fingerprint density at radius 3 is 2.69 bits per heavy atom. The van der Waals surface area contributed by atoms with E-state index in [4.69, 9.17) is 5.73 Å². The average Bonchev–Trinajstić information content (AvgIpc) is 2.25. The third-order valence-corrected chi connectivity index (χ3v) is 2.34. The Labute approximate surface area is 93.4 Å². The predicted octanol–water partition coefficient (Wildman–Crippen LogP) is 2.04. The van der Waals surface area contributed by atoms with Gasteiger partial charge in [-0.2, -0.15) is 0 Å². The minimum Gasteiger partial charge on any atom is -0.365 e. The summed E-state index contributed by atoms with van der Waals surface area (Å²) in [6.07, 6.45) is 2.76. The Kier molecular flexibility index (Phi) is 3.99. The second-order valence-corrected chi connectivity index (χ2v) is 3.58. The number of primary amides is 1. The van der Waals surface area contributed by atoms with E-state index in [0.29, 0.717) is 0 Å². The molecule has 0 saturated heterocycles. The quantitative estimate of drug-likeness (QED) is 0.610. The van der Waals surface area contributed by atoms with Gasteiger partial charge in [0, 0.05) is 6.07 Å². The van der Waals surface area contributed by atoms with Crippen LogP contribution in [0, 0.1) is 10.1 Å². The van der Waals surface area contributed by atoms with Gasteiger partial charge in [0.05, 0.1) is 4.92 Å². The fourth-order valence-corrected chi connectivity index (χ4v) is 1.47. The molecule has 0 fully saturated rings. The Morgan fingerprint density at radius 2 is 2.19 bits per heavy atom. The highest BCUT2D eigenvalue weighted by Crippen LogP contribution is 2.20. The number of hydrogen-bond acceptors (Lipinski definition) is 3. The van der Waals surface area contributed by atoms with Crippen LogP contribution >= 0.6 is 0 Å². The van der Waals surface area contributed by atoms with Crippen molar-refractivity contribution in [1.82, 2.24) is 0 Å². The third kappa shape index (κ3) is 2.79. The predicted molar refractivity (Wildman–Crippen MR) is 60.2 cm³/mol. The zero-order chi connectivity index (χ0) is 12.1. The minimum absolute atomic E-state index is 0.0368. The molecule has 16 heavy (non-hydrogen) atoms. The molecule has 5 heteroatoms. The summed E-state index contributed by atoms with van der Waals surface area (Å²) < 4.78 is 0. The summed E-state index contributed by atoms with van der Waals surface area (Å²) in [5.74, 6) is -0.770. The number of nitrogens with zero attached hydrogens (tertiary/aromatic N) is 1. The second-order valence-electron chi connectivity index (χ2n) is 3.58. The summed E-state index contributed by atoms with van der Waals surface area (Å²) in [7, 11) is 0. The van der Waals surface area contributed by atoms with Crippen molar-refractivity contribution < 1.29 is 9.72 Å². The SMILES string of the molecule is CCCCc1ccc(C(N)=O)c([N+](=O)[O-])c1. The van der Waals surface area contributed by atoms with E-state index in [2.05, 4.69) is 0 Å². The number of rotatable bonds is 5. The zero-order valence-corrected chi connectivity index (χ0v) is 9.10. The van der Waals surface area contributed by atoms with E-state index in [1.165, 1.54) is 12.1 Å². The van der Waals surface area contributed by atoms with Crippen LogP contribution in [0.1, 0.15) is 35.7 Å². The first-order valence-electron chi connectivity index (χ1n) is 5.13. The zero-order valence-electron chi connectivity index (χ0n) is 9.10. The van der Waals surface area contributed by atoms with Crippen LogP contribution in [0.15, 0.2) is 18.2 Å². The van der Waals surface area contributed by atoms with Gasteiger partial charge in [0.1, 0.15) is 5.56 Å². The monoisotopic (exact) mass is 222 g/mol. The van der Waals surface area contributed by atoms with Gasteiger partial charge < -0.3 is 5.73 Å². The Bertz CT molecular complexity index is 416. The van der Waals surface area contributed by atoms with Gasteiger partial charge in [-0.15, -0.1) is 0 Å². The van der Waals surface area contributed by atoms with E-state index < -0.39 is 10.8 Å². The second kappa shape index (κ2) is 5.25. The first-order valence-corrected chi connectivity index (χ1v) is 5.13. The van der Waals surface area contributed by atoms with Crippen molar-refractivity contribution in [2.45, 2.75) is 26.2 Å². The van der Waals surface area contributed by atoms with E-state index in [9.17, 15) is 14.9 Å². The van der Waals surface area contributed by atoms with Gasteiger partial charge in [0.15, 0.2) is 0 Å². The lowest BCUT2D eigenvalue weighted by atomic mass is 10.0. The van der Waals surface area contributed by atoms with Crippen LogP contribution < -0.4 is 5.73 Å². The number of nitro groups is 1. The molecule has 0 bridgehead atoms. The van der Waals surface area contributed by atoms with E-state index in [-0.39, 0.29) is 11.3 Å². The maximum Gasteiger partial charge on any atom is 0.282 e. The topological polar surface area (TPSA) is 86.2 Å². The van der Waals surface area contributed by atoms with Crippen LogP contribution in [-0.4, -0.2) is 10.8 Å².